The molecule has 0 saturated heterocycles. The number of nitrogens with one attached hydrogen (secondary N) is 1. The molecule has 3 rings (SSSR count). The van der Waals surface area contributed by atoms with E-state index in [1.807, 2.05) is 36.2 Å². The number of benzene rings is 1. The van der Waals surface area contributed by atoms with Crippen LogP contribution in [0.5, 0.6) is 0 Å². The fraction of sp³-hybridized carbons (Fsp3) is 0.476. The van der Waals surface area contributed by atoms with Crippen molar-refractivity contribution < 1.29 is 9.18 Å². The Balaban J connectivity index is 1.75. The fourth-order valence-corrected chi connectivity index (χ4v) is 3.72. The summed E-state index contributed by atoms with van der Waals surface area (Å²) in [6, 6.07) is 11.0. The number of amides is 2. The molecule has 1 aliphatic carbocycles. The highest BCUT2D eigenvalue weighted by molar-refractivity contribution is 5.74. The molecular formula is C21H28FN3O. The van der Waals surface area contributed by atoms with Crippen LogP contribution in [0.4, 0.5) is 9.18 Å². The van der Waals surface area contributed by atoms with Gasteiger partial charge in [0.1, 0.15) is 5.82 Å². The molecule has 140 valence electrons. The predicted octanol–water partition coefficient (Wildman–Crippen LogP) is 4.54. The SMILES string of the molecule is CCNC(=O)N(Cc1cccn1Cc1ccc(F)cc1)C1CCCCC1. The molecule has 1 N–H and O–H groups in total. The number of rotatable bonds is 6. The van der Waals surface area contributed by atoms with E-state index in [2.05, 4.69) is 16.0 Å². The largest absolute Gasteiger partial charge is 0.345 e. The van der Waals surface area contributed by atoms with Gasteiger partial charge in [-0.15, -0.1) is 0 Å². The molecule has 2 aromatic rings. The lowest BCUT2D eigenvalue weighted by Gasteiger charge is -2.34. The summed E-state index contributed by atoms with van der Waals surface area (Å²) in [5.74, 6) is -0.221. The van der Waals surface area contributed by atoms with Crippen molar-refractivity contribution in [2.45, 2.75) is 58.2 Å². The standard InChI is InChI=1S/C21H28FN3O/c1-2-23-21(26)25(19-7-4-3-5-8-19)16-20-9-6-14-24(20)15-17-10-12-18(22)13-11-17/h6,9-14,19H,2-5,7-8,15-16H2,1H3,(H,23,26). The van der Waals surface area contributed by atoms with E-state index in [1.54, 1.807) is 0 Å². The summed E-state index contributed by atoms with van der Waals surface area (Å²) in [6.45, 7) is 3.87. The second kappa shape index (κ2) is 8.88. The highest BCUT2D eigenvalue weighted by atomic mass is 19.1. The Morgan fingerprint density at radius 2 is 1.92 bits per heavy atom. The Bertz CT molecular complexity index is 704. The molecule has 0 bridgehead atoms. The van der Waals surface area contributed by atoms with Gasteiger partial charge in [-0.3, -0.25) is 0 Å². The zero-order chi connectivity index (χ0) is 18.4. The molecule has 0 spiro atoms. The number of hydrogen-bond donors (Lipinski definition) is 1. The third-order valence-corrected chi connectivity index (χ3v) is 5.13. The maximum atomic E-state index is 13.1. The zero-order valence-corrected chi connectivity index (χ0v) is 15.5. The quantitative estimate of drug-likeness (QED) is 0.810. The van der Waals surface area contributed by atoms with E-state index >= 15 is 0 Å². The van der Waals surface area contributed by atoms with Gasteiger partial charge in [-0.05, 0) is 49.6 Å². The number of carbonyl (C=O) groups is 1. The number of aromatic nitrogens is 1. The highest BCUT2D eigenvalue weighted by Gasteiger charge is 2.26. The van der Waals surface area contributed by atoms with E-state index in [9.17, 15) is 9.18 Å². The van der Waals surface area contributed by atoms with Gasteiger partial charge in [0, 0.05) is 31.0 Å². The van der Waals surface area contributed by atoms with Crippen molar-refractivity contribution in [3.63, 3.8) is 0 Å². The minimum absolute atomic E-state index is 0.0222. The molecule has 26 heavy (non-hydrogen) atoms. The molecule has 5 heteroatoms. The van der Waals surface area contributed by atoms with Crippen LogP contribution in [0.2, 0.25) is 0 Å². The van der Waals surface area contributed by atoms with E-state index in [0.29, 0.717) is 25.7 Å². The van der Waals surface area contributed by atoms with Crippen molar-refractivity contribution in [3.05, 3.63) is 59.7 Å². The first-order chi connectivity index (χ1) is 12.7. The summed E-state index contributed by atoms with van der Waals surface area (Å²) in [6.07, 6.45) is 7.83. The van der Waals surface area contributed by atoms with Crippen LogP contribution in [0.25, 0.3) is 0 Å². The van der Waals surface area contributed by atoms with E-state index in [-0.39, 0.29) is 11.8 Å². The lowest BCUT2D eigenvalue weighted by Crippen LogP contribution is -2.46. The number of carbonyl (C=O) groups excluding carboxylic acids is 1. The molecule has 1 aromatic heterocycles. The van der Waals surface area contributed by atoms with Gasteiger partial charge in [-0.1, -0.05) is 31.4 Å². The van der Waals surface area contributed by atoms with Gasteiger partial charge in [0.2, 0.25) is 0 Å². The molecule has 1 aromatic carbocycles. The Morgan fingerprint density at radius 1 is 1.19 bits per heavy atom. The maximum Gasteiger partial charge on any atom is 0.317 e. The van der Waals surface area contributed by atoms with Crippen LogP contribution >= 0.6 is 0 Å². The number of nitrogens with zero attached hydrogens (tertiary/aromatic N) is 2. The van der Waals surface area contributed by atoms with E-state index in [4.69, 9.17) is 0 Å². The molecule has 0 aliphatic heterocycles. The second-order valence-corrected chi connectivity index (χ2v) is 7.01. The minimum Gasteiger partial charge on any atom is -0.345 e. The minimum atomic E-state index is -0.221. The molecule has 0 radical (unpaired) electrons. The summed E-state index contributed by atoms with van der Waals surface area (Å²) in [7, 11) is 0. The van der Waals surface area contributed by atoms with Crippen molar-refractivity contribution in [2.75, 3.05) is 6.54 Å². The summed E-state index contributed by atoms with van der Waals surface area (Å²) in [5, 5.41) is 2.97. The fourth-order valence-electron chi connectivity index (χ4n) is 3.72. The predicted molar refractivity (Wildman–Crippen MR) is 101 cm³/mol. The van der Waals surface area contributed by atoms with Crippen LogP contribution in [-0.2, 0) is 13.1 Å². The van der Waals surface area contributed by atoms with Gasteiger partial charge in [-0.25, -0.2) is 9.18 Å². The number of hydrogen-bond acceptors (Lipinski definition) is 1. The molecule has 0 atom stereocenters. The van der Waals surface area contributed by atoms with E-state index in [1.165, 1.54) is 31.4 Å². The Labute approximate surface area is 155 Å². The van der Waals surface area contributed by atoms with Crippen LogP contribution in [0.3, 0.4) is 0 Å². The van der Waals surface area contributed by atoms with Crippen molar-refractivity contribution in [1.29, 1.82) is 0 Å². The summed E-state index contributed by atoms with van der Waals surface area (Å²) in [5.41, 5.74) is 2.15. The molecule has 2 amide bonds. The van der Waals surface area contributed by atoms with E-state index < -0.39 is 0 Å². The summed E-state index contributed by atoms with van der Waals surface area (Å²) < 4.78 is 15.3. The van der Waals surface area contributed by atoms with Crippen molar-refractivity contribution in [1.82, 2.24) is 14.8 Å². The van der Waals surface area contributed by atoms with Gasteiger partial charge >= 0.3 is 6.03 Å². The first-order valence-electron chi connectivity index (χ1n) is 9.60. The lowest BCUT2D eigenvalue weighted by atomic mass is 9.94. The van der Waals surface area contributed by atoms with Gasteiger partial charge < -0.3 is 14.8 Å². The molecule has 4 nitrogen and oxygen atoms in total. The van der Waals surface area contributed by atoms with Crippen LogP contribution in [-0.4, -0.2) is 28.1 Å². The van der Waals surface area contributed by atoms with Gasteiger partial charge in [0.15, 0.2) is 0 Å². The average molecular weight is 357 g/mol. The summed E-state index contributed by atoms with van der Waals surface area (Å²) in [4.78, 5) is 14.6. The Morgan fingerprint density at radius 3 is 2.62 bits per heavy atom. The molecule has 1 aliphatic rings. The zero-order valence-electron chi connectivity index (χ0n) is 15.5. The van der Waals surface area contributed by atoms with Gasteiger partial charge in [0.05, 0.1) is 6.54 Å². The topological polar surface area (TPSA) is 37.3 Å². The van der Waals surface area contributed by atoms with Crippen LogP contribution in [0.1, 0.15) is 50.3 Å². The smallest absolute Gasteiger partial charge is 0.317 e. The molecule has 1 heterocycles. The molecule has 1 saturated carbocycles. The highest BCUT2D eigenvalue weighted by Crippen LogP contribution is 2.24. The van der Waals surface area contributed by atoms with Gasteiger partial charge in [0.25, 0.3) is 0 Å². The lowest BCUT2D eigenvalue weighted by molar-refractivity contribution is 0.149. The van der Waals surface area contributed by atoms with Crippen molar-refractivity contribution in [3.8, 4) is 0 Å². The third kappa shape index (κ3) is 4.65. The normalized spacial score (nSPS) is 15.0. The van der Waals surface area contributed by atoms with Crippen molar-refractivity contribution in [2.24, 2.45) is 0 Å². The first-order valence-corrected chi connectivity index (χ1v) is 9.60. The second-order valence-electron chi connectivity index (χ2n) is 7.01. The monoisotopic (exact) mass is 357 g/mol. The first kappa shape index (κ1) is 18.5. The number of urea groups is 1. The van der Waals surface area contributed by atoms with Crippen LogP contribution < -0.4 is 5.32 Å². The van der Waals surface area contributed by atoms with E-state index in [0.717, 1.165) is 24.1 Å². The molecular weight excluding hydrogens is 329 g/mol. The Hall–Kier alpha value is -2.30. The maximum absolute atomic E-state index is 13.1. The Kier molecular flexibility index (Phi) is 6.31. The molecule has 0 unspecified atom stereocenters. The third-order valence-electron chi connectivity index (χ3n) is 5.13. The number of halogens is 1. The molecule has 1 fully saturated rings. The van der Waals surface area contributed by atoms with Gasteiger partial charge in [-0.2, -0.15) is 0 Å². The van der Waals surface area contributed by atoms with Crippen molar-refractivity contribution >= 4 is 6.03 Å². The van der Waals surface area contributed by atoms with Crippen LogP contribution in [0.15, 0.2) is 42.6 Å². The average Bonchev–Trinajstić information content (AvgIpc) is 3.09. The summed E-state index contributed by atoms with van der Waals surface area (Å²) >= 11 is 0. The van der Waals surface area contributed by atoms with Crippen LogP contribution in [0, 0.1) is 5.82 Å².